The van der Waals surface area contributed by atoms with E-state index in [1.54, 1.807) is 0 Å². The van der Waals surface area contributed by atoms with Crippen molar-refractivity contribution in [1.29, 1.82) is 0 Å². The van der Waals surface area contributed by atoms with Crippen molar-refractivity contribution in [3.05, 3.63) is 35.9 Å². The van der Waals surface area contributed by atoms with E-state index in [9.17, 15) is 0 Å². The van der Waals surface area contributed by atoms with Crippen LogP contribution in [0.4, 0.5) is 0 Å². The topological polar surface area (TPSA) is 42.9 Å². The Labute approximate surface area is 202 Å². The third kappa shape index (κ3) is 8.35. The Morgan fingerprint density at radius 2 is 1.67 bits per heavy atom. The van der Waals surface area contributed by atoms with Gasteiger partial charge in [0, 0.05) is 51.2 Å². The molecule has 30 heavy (non-hydrogen) atoms. The lowest BCUT2D eigenvalue weighted by Gasteiger charge is -2.34. The molecule has 1 aliphatic heterocycles. The summed E-state index contributed by atoms with van der Waals surface area (Å²) in [5.41, 5.74) is 1.50. The molecule has 0 spiro atoms. The van der Waals surface area contributed by atoms with Crippen LogP contribution in [-0.2, 0) is 5.41 Å². The van der Waals surface area contributed by atoms with Gasteiger partial charge in [-0.2, -0.15) is 0 Å². The Morgan fingerprint density at radius 1 is 1.03 bits per heavy atom. The molecule has 1 unspecified atom stereocenters. The van der Waals surface area contributed by atoms with Crippen molar-refractivity contribution in [2.75, 3.05) is 59.4 Å². The second-order valence-corrected chi connectivity index (χ2v) is 8.64. The normalized spacial score (nSPS) is 17.3. The largest absolute Gasteiger partial charge is 0.357 e. The molecular weight excluding hydrogens is 485 g/mol. The van der Waals surface area contributed by atoms with Gasteiger partial charge in [0.1, 0.15) is 0 Å². The van der Waals surface area contributed by atoms with E-state index in [1.165, 1.54) is 31.7 Å². The van der Waals surface area contributed by atoms with Crippen LogP contribution < -0.4 is 10.6 Å². The minimum atomic E-state index is 0. The van der Waals surface area contributed by atoms with Crippen LogP contribution >= 0.6 is 24.0 Å². The summed E-state index contributed by atoms with van der Waals surface area (Å²) in [6.45, 7) is 17.6. The Hall–Kier alpha value is -0.860. The van der Waals surface area contributed by atoms with Crippen LogP contribution in [0.3, 0.4) is 0 Å². The number of hydrogen-bond acceptors (Lipinski definition) is 3. The van der Waals surface area contributed by atoms with Crippen molar-refractivity contribution in [2.24, 2.45) is 10.9 Å². The fraction of sp³-hybridized carbons (Fsp3) is 0.708. The molecule has 1 saturated heterocycles. The molecule has 0 saturated carbocycles. The molecule has 0 aromatic heterocycles. The zero-order chi connectivity index (χ0) is 21.1. The number of hydrogen-bond donors (Lipinski definition) is 2. The van der Waals surface area contributed by atoms with Gasteiger partial charge >= 0.3 is 0 Å². The van der Waals surface area contributed by atoms with Gasteiger partial charge in [-0.15, -0.1) is 24.0 Å². The number of halogens is 1. The second kappa shape index (κ2) is 14.2. The maximum absolute atomic E-state index is 5.01. The second-order valence-electron chi connectivity index (χ2n) is 8.64. The van der Waals surface area contributed by atoms with Gasteiger partial charge in [0.05, 0.1) is 6.54 Å². The summed E-state index contributed by atoms with van der Waals surface area (Å²) in [6.07, 6.45) is 2.19. The van der Waals surface area contributed by atoms with Crippen LogP contribution in [0.5, 0.6) is 0 Å². The fourth-order valence-corrected chi connectivity index (χ4v) is 4.14. The Kier molecular flexibility index (Phi) is 12.9. The zero-order valence-corrected chi connectivity index (χ0v) is 22.1. The first-order valence-corrected chi connectivity index (χ1v) is 11.5. The van der Waals surface area contributed by atoms with Crippen molar-refractivity contribution in [2.45, 2.75) is 46.0 Å². The number of likely N-dealkylation sites (N-methyl/N-ethyl adjacent to an activating group) is 1. The number of nitrogens with one attached hydrogen (secondary N) is 2. The number of rotatable bonds is 10. The number of nitrogens with zero attached hydrogens (tertiary/aromatic N) is 3. The highest BCUT2D eigenvalue weighted by Gasteiger charge is 2.28. The molecule has 1 fully saturated rings. The van der Waals surface area contributed by atoms with Crippen LogP contribution in [0.25, 0.3) is 0 Å². The maximum Gasteiger partial charge on any atom is 0.191 e. The molecule has 1 aliphatic rings. The Balaban J connectivity index is 0.00000450. The van der Waals surface area contributed by atoms with Crippen molar-refractivity contribution in [3.63, 3.8) is 0 Å². The van der Waals surface area contributed by atoms with Gasteiger partial charge in [0.2, 0.25) is 0 Å². The maximum atomic E-state index is 5.01. The van der Waals surface area contributed by atoms with Crippen LogP contribution in [0.2, 0.25) is 0 Å². The fourth-order valence-electron chi connectivity index (χ4n) is 4.14. The lowest BCUT2D eigenvalue weighted by molar-refractivity contribution is 0.139. The summed E-state index contributed by atoms with van der Waals surface area (Å²) >= 11 is 0. The highest BCUT2D eigenvalue weighted by Crippen LogP contribution is 2.31. The van der Waals surface area contributed by atoms with Gasteiger partial charge in [0.15, 0.2) is 5.96 Å². The highest BCUT2D eigenvalue weighted by atomic mass is 127. The van der Waals surface area contributed by atoms with Crippen molar-refractivity contribution < 1.29 is 0 Å². The van der Waals surface area contributed by atoms with E-state index in [4.69, 9.17) is 4.99 Å². The van der Waals surface area contributed by atoms with Crippen LogP contribution in [0.15, 0.2) is 35.3 Å². The zero-order valence-electron chi connectivity index (χ0n) is 19.8. The lowest BCUT2D eigenvalue weighted by Crippen LogP contribution is -2.47. The van der Waals surface area contributed by atoms with Crippen molar-refractivity contribution in [3.8, 4) is 0 Å². The van der Waals surface area contributed by atoms with Crippen LogP contribution in [0, 0.1) is 5.92 Å². The summed E-state index contributed by atoms with van der Waals surface area (Å²) in [4.78, 5) is 10.0. The Morgan fingerprint density at radius 3 is 2.23 bits per heavy atom. The first kappa shape index (κ1) is 27.2. The summed E-state index contributed by atoms with van der Waals surface area (Å²) in [7, 11) is 2.21. The summed E-state index contributed by atoms with van der Waals surface area (Å²) in [5, 5.41) is 7.03. The number of guanidine groups is 1. The molecule has 0 aliphatic carbocycles. The molecule has 2 N–H and O–H groups in total. The molecule has 0 radical (unpaired) electrons. The average molecular weight is 530 g/mol. The molecule has 1 heterocycles. The molecular formula is C24H44IN5. The third-order valence-electron chi connectivity index (χ3n) is 6.41. The SMILES string of the molecule is CCNC(=NCC(CC)(CC)c1ccccc1)NCC(C)CN1CCN(C)CC1.I. The quantitative estimate of drug-likeness (QED) is 0.275. The highest BCUT2D eigenvalue weighted by molar-refractivity contribution is 14.0. The van der Waals surface area contributed by atoms with Gasteiger partial charge in [0.25, 0.3) is 0 Å². The molecule has 1 aromatic rings. The van der Waals surface area contributed by atoms with Gasteiger partial charge in [-0.25, -0.2) is 0 Å². The molecule has 0 bridgehead atoms. The summed E-state index contributed by atoms with van der Waals surface area (Å²) in [5.74, 6) is 1.54. The number of benzene rings is 1. The van der Waals surface area contributed by atoms with Crippen molar-refractivity contribution >= 4 is 29.9 Å². The predicted molar refractivity (Wildman–Crippen MR) is 141 cm³/mol. The molecule has 2 rings (SSSR count). The first-order chi connectivity index (χ1) is 14.0. The van der Waals surface area contributed by atoms with E-state index in [2.05, 4.69) is 85.5 Å². The number of aliphatic imine (C=N–C) groups is 1. The third-order valence-corrected chi connectivity index (χ3v) is 6.41. The molecule has 0 amide bonds. The summed E-state index contributed by atoms with van der Waals surface area (Å²) in [6, 6.07) is 10.9. The van der Waals surface area contributed by atoms with Crippen LogP contribution in [-0.4, -0.2) is 75.2 Å². The van der Waals surface area contributed by atoms with Gasteiger partial charge in [-0.05, 0) is 38.3 Å². The van der Waals surface area contributed by atoms with Gasteiger partial charge in [-0.3, -0.25) is 4.99 Å². The van der Waals surface area contributed by atoms with E-state index >= 15 is 0 Å². The summed E-state index contributed by atoms with van der Waals surface area (Å²) < 4.78 is 0. The first-order valence-electron chi connectivity index (χ1n) is 11.5. The average Bonchev–Trinajstić information content (AvgIpc) is 2.75. The van der Waals surface area contributed by atoms with E-state index in [-0.39, 0.29) is 29.4 Å². The predicted octanol–water partition coefficient (Wildman–Crippen LogP) is 3.80. The van der Waals surface area contributed by atoms with E-state index in [0.29, 0.717) is 5.92 Å². The van der Waals surface area contributed by atoms with E-state index in [1.807, 2.05) is 0 Å². The smallest absolute Gasteiger partial charge is 0.191 e. The minimum absolute atomic E-state index is 0. The van der Waals surface area contributed by atoms with Gasteiger partial charge < -0.3 is 20.4 Å². The van der Waals surface area contributed by atoms with Gasteiger partial charge in [-0.1, -0.05) is 51.1 Å². The van der Waals surface area contributed by atoms with Crippen molar-refractivity contribution in [1.82, 2.24) is 20.4 Å². The molecule has 6 heteroatoms. The van der Waals surface area contributed by atoms with E-state index < -0.39 is 0 Å². The molecule has 5 nitrogen and oxygen atoms in total. The monoisotopic (exact) mass is 529 g/mol. The van der Waals surface area contributed by atoms with E-state index in [0.717, 1.165) is 45.0 Å². The Bertz CT molecular complexity index is 595. The lowest BCUT2D eigenvalue weighted by atomic mass is 9.76. The standard InChI is InChI=1S/C24H43N5.HI/c1-6-24(7-2,22-12-10-9-11-13-22)20-27-23(25-8-3)26-18-21(4)19-29-16-14-28(5)15-17-29;/h9-13,21H,6-8,14-20H2,1-5H3,(H2,25,26,27);1H. The van der Waals surface area contributed by atoms with Crippen LogP contribution in [0.1, 0.15) is 46.1 Å². The molecule has 1 aromatic carbocycles. The molecule has 172 valence electrons. The minimum Gasteiger partial charge on any atom is -0.357 e. The number of piperazine rings is 1. The molecule has 1 atom stereocenters.